The van der Waals surface area contributed by atoms with Gasteiger partial charge in [-0.1, -0.05) is 38.2 Å². The van der Waals surface area contributed by atoms with E-state index in [4.69, 9.17) is 18.0 Å². The van der Waals surface area contributed by atoms with Crippen LogP contribution in [0.1, 0.15) is 19.4 Å². The van der Waals surface area contributed by atoms with E-state index >= 15 is 0 Å². The molecule has 100 valence electrons. The van der Waals surface area contributed by atoms with E-state index in [9.17, 15) is 9.59 Å². The highest BCUT2D eigenvalue weighted by molar-refractivity contribution is 7.80. The molecule has 2 amide bonds. The smallest absolute Gasteiger partial charge is 0.237 e. The van der Waals surface area contributed by atoms with E-state index in [1.54, 1.807) is 26.0 Å². The van der Waals surface area contributed by atoms with Crippen molar-refractivity contribution in [2.75, 3.05) is 4.90 Å². The molecule has 1 fully saturated rings. The molecule has 1 aliphatic rings. The number of carbonyl (C=O) groups is 2. The van der Waals surface area contributed by atoms with E-state index in [1.165, 1.54) is 4.90 Å². The molecule has 1 aliphatic heterocycles. The Hall–Kier alpha value is -1.75. The number of nitrogens with two attached hydrogens (primary N) is 1. The van der Waals surface area contributed by atoms with Crippen LogP contribution in [-0.2, 0) is 16.0 Å². The fourth-order valence-corrected chi connectivity index (χ4v) is 2.33. The molecule has 1 saturated heterocycles. The third-order valence-corrected chi connectivity index (χ3v) is 3.69. The lowest BCUT2D eigenvalue weighted by atomic mass is 10.00. The van der Waals surface area contributed by atoms with E-state index in [0.717, 1.165) is 5.56 Å². The van der Waals surface area contributed by atoms with E-state index < -0.39 is 0 Å². The third kappa shape index (κ3) is 2.51. The van der Waals surface area contributed by atoms with Crippen molar-refractivity contribution >= 4 is 34.7 Å². The SMILES string of the molecule is CC1C(=O)N(c2ccc(CC(N)=S)cc2)C(=O)C1C. The second-order valence-electron chi connectivity index (χ2n) is 4.90. The van der Waals surface area contributed by atoms with Gasteiger partial charge in [-0.05, 0) is 17.7 Å². The summed E-state index contributed by atoms with van der Waals surface area (Å²) in [6.45, 7) is 3.57. The minimum Gasteiger partial charge on any atom is -0.393 e. The first-order valence-corrected chi connectivity index (χ1v) is 6.57. The zero-order chi connectivity index (χ0) is 14.2. The van der Waals surface area contributed by atoms with Gasteiger partial charge in [0.25, 0.3) is 0 Å². The average Bonchev–Trinajstić information content (AvgIpc) is 2.55. The molecular weight excluding hydrogens is 260 g/mol. The Kier molecular flexibility index (Phi) is 3.66. The molecule has 2 N–H and O–H groups in total. The largest absolute Gasteiger partial charge is 0.393 e. The molecule has 2 atom stereocenters. The first-order valence-electron chi connectivity index (χ1n) is 6.17. The third-order valence-electron chi connectivity index (χ3n) is 3.54. The predicted molar refractivity (Wildman–Crippen MR) is 77.8 cm³/mol. The molecule has 2 unspecified atom stereocenters. The summed E-state index contributed by atoms with van der Waals surface area (Å²) in [6.07, 6.45) is 0.518. The zero-order valence-corrected chi connectivity index (χ0v) is 11.7. The molecule has 0 saturated carbocycles. The second-order valence-corrected chi connectivity index (χ2v) is 5.42. The molecule has 0 aliphatic carbocycles. The van der Waals surface area contributed by atoms with Crippen LogP contribution in [0.4, 0.5) is 5.69 Å². The van der Waals surface area contributed by atoms with E-state index in [2.05, 4.69) is 0 Å². The predicted octanol–water partition coefficient (Wildman–Crippen LogP) is 1.66. The van der Waals surface area contributed by atoms with Crippen LogP contribution in [-0.4, -0.2) is 16.8 Å². The Bertz CT molecular complexity index is 519. The summed E-state index contributed by atoms with van der Waals surface area (Å²) in [7, 11) is 0. The Balaban J connectivity index is 2.25. The number of hydrogen-bond acceptors (Lipinski definition) is 3. The van der Waals surface area contributed by atoms with Crippen LogP contribution in [0.3, 0.4) is 0 Å². The highest BCUT2D eigenvalue weighted by Crippen LogP contribution is 2.30. The molecule has 2 rings (SSSR count). The van der Waals surface area contributed by atoms with E-state index in [1.807, 2.05) is 12.1 Å². The minimum atomic E-state index is -0.260. The van der Waals surface area contributed by atoms with Gasteiger partial charge in [0.1, 0.15) is 0 Å². The standard InChI is InChI=1S/C14H16N2O2S/c1-8-9(2)14(18)16(13(8)17)11-5-3-10(4-6-11)7-12(15)19/h3-6,8-9H,7H2,1-2H3,(H2,15,19). The highest BCUT2D eigenvalue weighted by atomic mass is 32.1. The molecule has 1 aromatic carbocycles. The van der Waals surface area contributed by atoms with Crippen LogP contribution in [0.5, 0.6) is 0 Å². The first kappa shape index (κ1) is 13.7. The van der Waals surface area contributed by atoms with Crippen LogP contribution in [0.15, 0.2) is 24.3 Å². The number of nitrogens with zero attached hydrogens (tertiary/aromatic N) is 1. The lowest BCUT2D eigenvalue weighted by molar-refractivity contribution is -0.122. The second kappa shape index (κ2) is 5.09. The van der Waals surface area contributed by atoms with Crippen molar-refractivity contribution in [3.8, 4) is 0 Å². The normalized spacial score (nSPS) is 22.9. The summed E-state index contributed by atoms with van der Waals surface area (Å²) in [5.41, 5.74) is 7.06. The van der Waals surface area contributed by atoms with Crippen LogP contribution in [0, 0.1) is 11.8 Å². The molecular formula is C14H16N2O2S. The van der Waals surface area contributed by atoms with Crippen molar-refractivity contribution in [3.63, 3.8) is 0 Å². The topological polar surface area (TPSA) is 63.4 Å². The van der Waals surface area contributed by atoms with Gasteiger partial charge in [-0.25, -0.2) is 0 Å². The molecule has 0 bridgehead atoms. The minimum absolute atomic E-state index is 0.139. The summed E-state index contributed by atoms with van der Waals surface area (Å²) in [5.74, 6) is -0.799. The zero-order valence-electron chi connectivity index (χ0n) is 10.9. The van der Waals surface area contributed by atoms with Gasteiger partial charge in [-0.2, -0.15) is 0 Å². The maximum atomic E-state index is 12.1. The van der Waals surface area contributed by atoms with E-state index in [0.29, 0.717) is 17.1 Å². The fourth-order valence-electron chi connectivity index (χ4n) is 2.16. The molecule has 0 aromatic heterocycles. The van der Waals surface area contributed by atoms with Gasteiger partial charge in [0.2, 0.25) is 11.8 Å². The van der Waals surface area contributed by atoms with Crippen molar-refractivity contribution in [3.05, 3.63) is 29.8 Å². The summed E-state index contributed by atoms with van der Waals surface area (Å²) < 4.78 is 0. The van der Waals surface area contributed by atoms with Crippen LogP contribution >= 0.6 is 12.2 Å². The summed E-state index contributed by atoms with van der Waals surface area (Å²) in [5, 5.41) is 0. The van der Waals surface area contributed by atoms with Crippen LogP contribution in [0.2, 0.25) is 0 Å². The molecule has 0 radical (unpaired) electrons. The number of amides is 2. The monoisotopic (exact) mass is 276 g/mol. The number of anilines is 1. The summed E-state index contributed by atoms with van der Waals surface area (Å²) in [6, 6.07) is 7.19. The molecule has 19 heavy (non-hydrogen) atoms. The molecule has 1 aromatic rings. The van der Waals surface area contributed by atoms with Crippen LogP contribution in [0.25, 0.3) is 0 Å². The number of hydrogen-bond donors (Lipinski definition) is 1. The Labute approximate surface area is 117 Å². The first-order chi connectivity index (χ1) is 8.91. The summed E-state index contributed by atoms with van der Waals surface area (Å²) >= 11 is 4.85. The van der Waals surface area contributed by atoms with Gasteiger partial charge in [0, 0.05) is 18.3 Å². The Morgan fingerprint density at radius 1 is 1.16 bits per heavy atom. The lowest BCUT2D eigenvalue weighted by Gasteiger charge is -2.15. The number of benzene rings is 1. The van der Waals surface area contributed by atoms with Crippen molar-refractivity contribution in [2.24, 2.45) is 17.6 Å². The molecule has 4 nitrogen and oxygen atoms in total. The molecule has 1 heterocycles. The van der Waals surface area contributed by atoms with Gasteiger partial charge in [0.15, 0.2) is 0 Å². The van der Waals surface area contributed by atoms with Crippen molar-refractivity contribution in [1.82, 2.24) is 0 Å². The maximum Gasteiger partial charge on any atom is 0.237 e. The average molecular weight is 276 g/mol. The van der Waals surface area contributed by atoms with Crippen molar-refractivity contribution in [1.29, 1.82) is 0 Å². The van der Waals surface area contributed by atoms with Crippen molar-refractivity contribution in [2.45, 2.75) is 20.3 Å². The van der Waals surface area contributed by atoms with Gasteiger partial charge in [-0.3, -0.25) is 14.5 Å². The molecule has 5 heteroatoms. The number of imide groups is 1. The van der Waals surface area contributed by atoms with Gasteiger partial charge < -0.3 is 5.73 Å². The molecule has 0 spiro atoms. The fraction of sp³-hybridized carbons (Fsp3) is 0.357. The van der Waals surface area contributed by atoms with Gasteiger partial charge in [0.05, 0.1) is 10.7 Å². The van der Waals surface area contributed by atoms with E-state index in [-0.39, 0.29) is 23.7 Å². The Morgan fingerprint density at radius 3 is 2.05 bits per heavy atom. The lowest BCUT2D eigenvalue weighted by Crippen LogP contribution is -2.30. The Morgan fingerprint density at radius 2 is 1.63 bits per heavy atom. The maximum absolute atomic E-state index is 12.1. The summed E-state index contributed by atoms with van der Waals surface area (Å²) in [4.78, 5) is 25.8. The number of rotatable bonds is 3. The van der Waals surface area contributed by atoms with Gasteiger partial charge in [-0.15, -0.1) is 0 Å². The van der Waals surface area contributed by atoms with Gasteiger partial charge >= 0.3 is 0 Å². The van der Waals surface area contributed by atoms with Crippen molar-refractivity contribution < 1.29 is 9.59 Å². The number of thiocarbonyl (C=S) groups is 1. The quantitative estimate of drug-likeness (QED) is 0.673. The van der Waals surface area contributed by atoms with Crippen LogP contribution < -0.4 is 10.6 Å². The highest BCUT2D eigenvalue weighted by Gasteiger charge is 2.42. The number of carbonyl (C=O) groups excluding carboxylic acids is 2.